The second-order valence-corrected chi connectivity index (χ2v) is 8.79. The highest BCUT2D eigenvalue weighted by atomic mass is 32.2. The molecule has 7 heteroatoms. The highest BCUT2D eigenvalue weighted by Gasteiger charge is 2.25. The van der Waals surface area contributed by atoms with Crippen molar-refractivity contribution in [1.29, 1.82) is 0 Å². The minimum Gasteiger partial charge on any atom is -0.497 e. The van der Waals surface area contributed by atoms with Crippen LogP contribution in [-0.2, 0) is 10.0 Å². The topological polar surface area (TPSA) is 75.7 Å². The van der Waals surface area contributed by atoms with Crippen LogP contribution in [0.4, 0.5) is 5.69 Å². The van der Waals surface area contributed by atoms with Crippen molar-refractivity contribution in [1.82, 2.24) is 4.31 Å². The Morgan fingerprint density at radius 1 is 1.04 bits per heavy atom. The zero-order valence-electron chi connectivity index (χ0n) is 16.1. The number of hydrogen-bond acceptors (Lipinski definition) is 5. The Kier molecular flexibility index (Phi) is 6.70. The van der Waals surface area contributed by atoms with Crippen LogP contribution >= 0.6 is 0 Å². The number of Topliss-reactive ketones (excluding diaryl/α,β-unsaturated/α-hetero) is 1. The molecule has 0 atom stereocenters. The molecule has 0 aromatic heterocycles. The molecule has 0 radical (unpaired) electrons. The molecule has 6 nitrogen and oxygen atoms in total. The van der Waals surface area contributed by atoms with Gasteiger partial charge < -0.3 is 10.1 Å². The summed E-state index contributed by atoms with van der Waals surface area (Å²) < 4.78 is 32.5. The zero-order chi connectivity index (χ0) is 20.0. The number of carbonyl (C=O) groups excluding carboxylic acids is 1. The maximum atomic E-state index is 12.9. The summed E-state index contributed by atoms with van der Waals surface area (Å²) in [6.45, 7) is 1.17. The van der Waals surface area contributed by atoms with E-state index in [-0.39, 0.29) is 17.2 Å². The van der Waals surface area contributed by atoms with Crippen molar-refractivity contribution in [2.24, 2.45) is 0 Å². The summed E-state index contributed by atoms with van der Waals surface area (Å²) in [7, 11) is -1.97. The summed E-state index contributed by atoms with van der Waals surface area (Å²) in [6.07, 6.45) is 3.87. The minimum absolute atomic E-state index is 0.0829. The Morgan fingerprint density at radius 2 is 1.71 bits per heavy atom. The first-order valence-corrected chi connectivity index (χ1v) is 11.0. The van der Waals surface area contributed by atoms with E-state index in [1.54, 1.807) is 41.7 Å². The SMILES string of the molecule is COc1ccc(NCC(=O)c2cccc(S(=O)(=O)N3CCCCCC3)c2)cc1. The smallest absolute Gasteiger partial charge is 0.243 e. The third kappa shape index (κ3) is 4.91. The van der Waals surface area contributed by atoms with Gasteiger partial charge in [-0.05, 0) is 49.2 Å². The maximum absolute atomic E-state index is 12.9. The third-order valence-electron chi connectivity index (χ3n) is 4.90. The Bertz CT molecular complexity index is 902. The molecule has 3 rings (SSSR count). The fourth-order valence-corrected chi connectivity index (χ4v) is 4.82. The lowest BCUT2D eigenvalue weighted by molar-refractivity contribution is 0.101. The van der Waals surface area contributed by atoms with E-state index in [0.717, 1.165) is 37.1 Å². The molecule has 28 heavy (non-hydrogen) atoms. The summed E-state index contributed by atoms with van der Waals surface area (Å²) in [4.78, 5) is 12.7. The second kappa shape index (κ2) is 9.21. The van der Waals surface area contributed by atoms with Crippen molar-refractivity contribution in [2.75, 3.05) is 32.1 Å². The summed E-state index contributed by atoms with van der Waals surface area (Å²) in [5.41, 5.74) is 1.18. The molecule has 1 N–H and O–H groups in total. The van der Waals surface area contributed by atoms with Gasteiger partial charge in [-0.15, -0.1) is 0 Å². The molecule has 0 aliphatic carbocycles. The van der Waals surface area contributed by atoms with Crippen LogP contribution in [0.5, 0.6) is 5.75 Å². The number of methoxy groups -OCH3 is 1. The van der Waals surface area contributed by atoms with Gasteiger partial charge in [0.1, 0.15) is 5.75 Å². The monoisotopic (exact) mass is 402 g/mol. The van der Waals surface area contributed by atoms with Gasteiger partial charge in [-0.1, -0.05) is 25.0 Å². The van der Waals surface area contributed by atoms with Crippen LogP contribution < -0.4 is 10.1 Å². The van der Waals surface area contributed by atoms with E-state index in [9.17, 15) is 13.2 Å². The van der Waals surface area contributed by atoms with Crippen LogP contribution in [0.2, 0.25) is 0 Å². The highest BCUT2D eigenvalue weighted by Crippen LogP contribution is 2.21. The van der Waals surface area contributed by atoms with Crippen LogP contribution in [0, 0.1) is 0 Å². The number of nitrogens with zero attached hydrogens (tertiary/aromatic N) is 1. The number of rotatable bonds is 7. The molecular weight excluding hydrogens is 376 g/mol. The van der Waals surface area contributed by atoms with Crippen molar-refractivity contribution in [3.05, 3.63) is 54.1 Å². The molecule has 1 heterocycles. The Labute approximate surface area is 166 Å². The van der Waals surface area contributed by atoms with Gasteiger partial charge in [0.25, 0.3) is 0 Å². The van der Waals surface area contributed by atoms with Crippen molar-refractivity contribution >= 4 is 21.5 Å². The van der Waals surface area contributed by atoms with E-state index < -0.39 is 10.0 Å². The number of sulfonamides is 1. The van der Waals surface area contributed by atoms with Crippen molar-refractivity contribution in [3.8, 4) is 5.75 Å². The second-order valence-electron chi connectivity index (χ2n) is 6.85. The molecule has 1 fully saturated rings. The van der Waals surface area contributed by atoms with Gasteiger partial charge in [0.05, 0.1) is 18.6 Å². The Hall–Kier alpha value is -2.38. The van der Waals surface area contributed by atoms with E-state index in [0.29, 0.717) is 18.7 Å². The highest BCUT2D eigenvalue weighted by molar-refractivity contribution is 7.89. The number of hydrogen-bond donors (Lipinski definition) is 1. The van der Waals surface area contributed by atoms with Gasteiger partial charge in [0.2, 0.25) is 10.0 Å². The number of ketones is 1. The molecule has 1 aliphatic rings. The van der Waals surface area contributed by atoms with Crippen molar-refractivity contribution in [3.63, 3.8) is 0 Å². The lowest BCUT2D eigenvalue weighted by Crippen LogP contribution is -2.32. The van der Waals surface area contributed by atoms with E-state index in [4.69, 9.17) is 4.74 Å². The van der Waals surface area contributed by atoms with Gasteiger partial charge in [0.15, 0.2) is 5.78 Å². The molecule has 1 saturated heterocycles. The molecular formula is C21H26N2O4S. The Morgan fingerprint density at radius 3 is 2.36 bits per heavy atom. The summed E-state index contributed by atoms with van der Waals surface area (Å²) in [5, 5.41) is 3.06. The largest absolute Gasteiger partial charge is 0.497 e. The van der Waals surface area contributed by atoms with E-state index in [2.05, 4.69) is 5.32 Å². The van der Waals surface area contributed by atoms with Gasteiger partial charge in [-0.3, -0.25) is 4.79 Å². The van der Waals surface area contributed by atoms with E-state index in [1.165, 1.54) is 6.07 Å². The van der Waals surface area contributed by atoms with Crippen LogP contribution in [0.15, 0.2) is 53.4 Å². The first-order valence-electron chi connectivity index (χ1n) is 9.52. The molecule has 0 amide bonds. The fourth-order valence-electron chi connectivity index (χ4n) is 3.25. The Balaban J connectivity index is 1.69. The predicted octanol–water partition coefficient (Wildman–Crippen LogP) is 3.55. The molecule has 0 unspecified atom stereocenters. The van der Waals surface area contributed by atoms with Gasteiger partial charge in [-0.25, -0.2) is 8.42 Å². The van der Waals surface area contributed by atoms with Crippen LogP contribution in [0.25, 0.3) is 0 Å². The molecule has 0 spiro atoms. The molecule has 150 valence electrons. The van der Waals surface area contributed by atoms with Gasteiger partial charge in [0, 0.05) is 24.3 Å². The quantitative estimate of drug-likeness (QED) is 0.717. The molecule has 0 bridgehead atoms. The molecule has 0 saturated carbocycles. The van der Waals surface area contributed by atoms with Crippen molar-refractivity contribution in [2.45, 2.75) is 30.6 Å². The van der Waals surface area contributed by atoms with Crippen molar-refractivity contribution < 1.29 is 17.9 Å². The maximum Gasteiger partial charge on any atom is 0.243 e. The average molecular weight is 403 g/mol. The summed E-state index contributed by atoms with van der Waals surface area (Å²) in [6, 6.07) is 13.6. The summed E-state index contributed by atoms with van der Waals surface area (Å²) >= 11 is 0. The normalized spacial score (nSPS) is 15.6. The first kappa shape index (κ1) is 20.4. The first-order chi connectivity index (χ1) is 13.5. The standard InChI is InChI=1S/C21H26N2O4S/c1-27-19-11-9-18(10-12-19)22-16-21(24)17-7-6-8-20(15-17)28(25,26)23-13-4-2-3-5-14-23/h6-12,15,22H,2-5,13-14,16H2,1H3. The number of ether oxygens (including phenoxy) is 1. The van der Waals surface area contributed by atoms with Crippen LogP contribution in [-0.4, -0.2) is 45.3 Å². The van der Waals surface area contributed by atoms with Crippen LogP contribution in [0.1, 0.15) is 36.0 Å². The lowest BCUT2D eigenvalue weighted by atomic mass is 10.1. The van der Waals surface area contributed by atoms with E-state index >= 15 is 0 Å². The number of carbonyl (C=O) groups is 1. The molecule has 2 aromatic rings. The number of benzene rings is 2. The number of nitrogens with one attached hydrogen (secondary N) is 1. The zero-order valence-corrected chi connectivity index (χ0v) is 16.9. The number of anilines is 1. The van der Waals surface area contributed by atoms with Gasteiger partial charge in [-0.2, -0.15) is 4.31 Å². The molecule has 1 aliphatic heterocycles. The minimum atomic E-state index is -3.57. The molecule has 2 aromatic carbocycles. The van der Waals surface area contributed by atoms with Crippen LogP contribution in [0.3, 0.4) is 0 Å². The third-order valence-corrected chi connectivity index (χ3v) is 6.80. The van der Waals surface area contributed by atoms with E-state index in [1.807, 2.05) is 12.1 Å². The average Bonchev–Trinajstić information content (AvgIpc) is 3.02. The fraction of sp³-hybridized carbons (Fsp3) is 0.381. The lowest BCUT2D eigenvalue weighted by Gasteiger charge is -2.20. The predicted molar refractivity (Wildman–Crippen MR) is 109 cm³/mol. The summed E-state index contributed by atoms with van der Waals surface area (Å²) in [5.74, 6) is 0.576. The van der Waals surface area contributed by atoms with Gasteiger partial charge >= 0.3 is 0 Å².